The molecular formula is C20H22N4O3S. The summed E-state index contributed by atoms with van der Waals surface area (Å²) >= 11 is 1.58. The van der Waals surface area contributed by atoms with Crippen molar-refractivity contribution in [3.05, 3.63) is 52.5 Å². The molecule has 4 rings (SSSR count). The van der Waals surface area contributed by atoms with E-state index >= 15 is 0 Å². The van der Waals surface area contributed by atoms with Crippen LogP contribution in [0.3, 0.4) is 0 Å². The minimum Gasteiger partial charge on any atom is -0.496 e. The van der Waals surface area contributed by atoms with Gasteiger partial charge in [-0.2, -0.15) is 16.3 Å². The zero-order chi connectivity index (χ0) is 19.3. The van der Waals surface area contributed by atoms with Crippen LogP contribution in [0.2, 0.25) is 0 Å². The Morgan fingerprint density at radius 1 is 1.39 bits per heavy atom. The molecular weight excluding hydrogens is 376 g/mol. The Morgan fingerprint density at radius 2 is 2.29 bits per heavy atom. The van der Waals surface area contributed by atoms with Crippen molar-refractivity contribution >= 4 is 17.2 Å². The van der Waals surface area contributed by atoms with Crippen LogP contribution in [0, 0.1) is 0 Å². The van der Waals surface area contributed by atoms with E-state index in [1.807, 2.05) is 46.0 Å². The maximum atomic E-state index is 13.0. The lowest BCUT2D eigenvalue weighted by Crippen LogP contribution is -2.48. The maximum Gasteiger partial charge on any atom is 0.227 e. The summed E-state index contributed by atoms with van der Waals surface area (Å²) in [6.07, 6.45) is 0.759. The Morgan fingerprint density at radius 3 is 3.11 bits per heavy atom. The van der Waals surface area contributed by atoms with Crippen molar-refractivity contribution in [2.45, 2.75) is 18.9 Å². The van der Waals surface area contributed by atoms with Crippen molar-refractivity contribution < 1.29 is 14.1 Å². The molecule has 28 heavy (non-hydrogen) atoms. The molecule has 1 unspecified atom stereocenters. The van der Waals surface area contributed by atoms with Crippen LogP contribution in [-0.4, -0.2) is 47.7 Å². The van der Waals surface area contributed by atoms with Gasteiger partial charge in [0.2, 0.25) is 17.6 Å². The Labute approximate surface area is 167 Å². The molecule has 1 atom stereocenters. The van der Waals surface area contributed by atoms with Crippen molar-refractivity contribution in [3.8, 4) is 17.1 Å². The summed E-state index contributed by atoms with van der Waals surface area (Å²) in [5.41, 5.74) is 1.95. The van der Waals surface area contributed by atoms with E-state index in [0.717, 1.165) is 23.4 Å². The number of para-hydroxylation sites is 1. The molecule has 2 aromatic heterocycles. The van der Waals surface area contributed by atoms with Crippen LogP contribution in [0.4, 0.5) is 0 Å². The van der Waals surface area contributed by atoms with Crippen LogP contribution in [0.25, 0.3) is 11.4 Å². The fourth-order valence-corrected chi connectivity index (χ4v) is 4.08. The number of carbonyl (C=O) groups is 1. The molecule has 146 valence electrons. The molecule has 0 aliphatic carbocycles. The number of aromatic nitrogens is 2. The van der Waals surface area contributed by atoms with E-state index in [1.54, 1.807) is 18.4 Å². The third-order valence-corrected chi connectivity index (χ3v) is 5.55. The SMILES string of the molecule is COc1ccccc1C1CNCCN1C(=O)CCc1nc(-c2ccsc2)no1. The molecule has 1 aliphatic heterocycles. The van der Waals surface area contributed by atoms with Gasteiger partial charge < -0.3 is 19.5 Å². The number of aryl methyl sites for hydroxylation is 1. The zero-order valence-corrected chi connectivity index (χ0v) is 16.4. The molecule has 8 heteroatoms. The highest BCUT2D eigenvalue weighted by molar-refractivity contribution is 7.08. The lowest BCUT2D eigenvalue weighted by molar-refractivity contribution is -0.134. The standard InChI is InChI=1S/C20H22N4O3S/c1-26-17-5-3-2-4-15(17)16-12-21-9-10-24(16)19(25)7-6-18-22-20(23-27-18)14-8-11-28-13-14/h2-5,8,11,13,16,21H,6-7,9-10,12H2,1H3. The maximum absolute atomic E-state index is 13.0. The number of amides is 1. The summed E-state index contributed by atoms with van der Waals surface area (Å²) in [6.45, 7) is 2.14. The van der Waals surface area contributed by atoms with Gasteiger partial charge in [0.05, 0.1) is 13.2 Å². The summed E-state index contributed by atoms with van der Waals surface area (Å²) in [5.74, 6) is 1.93. The second kappa shape index (κ2) is 8.53. The molecule has 0 radical (unpaired) electrons. The number of nitrogens with zero attached hydrogens (tertiary/aromatic N) is 3. The molecule has 1 aliphatic rings. The van der Waals surface area contributed by atoms with E-state index in [2.05, 4.69) is 15.5 Å². The highest BCUT2D eigenvalue weighted by Crippen LogP contribution is 2.30. The van der Waals surface area contributed by atoms with Crippen molar-refractivity contribution in [1.29, 1.82) is 0 Å². The first kappa shape index (κ1) is 18.6. The van der Waals surface area contributed by atoms with Crippen LogP contribution >= 0.6 is 11.3 Å². The first-order valence-electron chi connectivity index (χ1n) is 9.24. The predicted molar refractivity (Wildman–Crippen MR) is 106 cm³/mol. The van der Waals surface area contributed by atoms with Crippen molar-refractivity contribution in [2.24, 2.45) is 0 Å². The second-order valence-electron chi connectivity index (χ2n) is 6.57. The molecule has 1 N–H and O–H groups in total. The molecule has 0 saturated carbocycles. The number of methoxy groups -OCH3 is 1. The Hall–Kier alpha value is -2.71. The van der Waals surface area contributed by atoms with Gasteiger partial charge in [0.15, 0.2) is 0 Å². The van der Waals surface area contributed by atoms with Crippen LogP contribution in [-0.2, 0) is 11.2 Å². The van der Waals surface area contributed by atoms with E-state index in [0.29, 0.717) is 37.6 Å². The number of thiophene rings is 1. The Balaban J connectivity index is 1.44. The summed E-state index contributed by atoms with van der Waals surface area (Å²) in [5, 5.41) is 11.3. The number of carbonyl (C=O) groups excluding carboxylic acids is 1. The number of nitrogens with one attached hydrogen (secondary N) is 1. The molecule has 1 fully saturated rings. The molecule has 3 aromatic rings. The Kier molecular flexibility index (Phi) is 5.68. The van der Waals surface area contributed by atoms with Crippen LogP contribution < -0.4 is 10.1 Å². The highest BCUT2D eigenvalue weighted by atomic mass is 32.1. The van der Waals surface area contributed by atoms with E-state index in [9.17, 15) is 4.79 Å². The van der Waals surface area contributed by atoms with Gasteiger partial charge in [-0.25, -0.2) is 0 Å². The fourth-order valence-electron chi connectivity index (χ4n) is 3.45. The number of piperazine rings is 1. The quantitative estimate of drug-likeness (QED) is 0.688. The van der Waals surface area contributed by atoms with Gasteiger partial charge in [0, 0.05) is 49.0 Å². The summed E-state index contributed by atoms with van der Waals surface area (Å²) < 4.78 is 10.8. The van der Waals surface area contributed by atoms with E-state index in [4.69, 9.17) is 9.26 Å². The van der Waals surface area contributed by atoms with E-state index < -0.39 is 0 Å². The van der Waals surface area contributed by atoms with Crippen molar-refractivity contribution in [1.82, 2.24) is 20.4 Å². The molecule has 0 bridgehead atoms. The number of benzene rings is 1. The van der Waals surface area contributed by atoms with Crippen molar-refractivity contribution in [3.63, 3.8) is 0 Å². The summed E-state index contributed by atoms with van der Waals surface area (Å²) in [7, 11) is 1.65. The second-order valence-corrected chi connectivity index (χ2v) is 7.35. The minimum absolute atomic E-state index is 0.0542. The number of hydrogen-bond donors (Lipinski definition) is 1. The number of rotatable bonds is 6. The van der Waals surface area contributed by atoms with Crippen LogP contribution in [0.15, 0.2) is 45.6 Å². The molecule has 3 heterocycles. The average molecular weight is 398 g/mol. The van der Waals surface area contributed by atoms with Gasteiger partial charge in [-0.15, -0.1) is 0 Å². The predicted octanol–water partition coefficient (Wildman–Crippen LogP) is 2.91. The van der Waals surface area contributed by atoms with Gasteiger partial charge in [-0.1, -0.05) is 23.4 Å². The fraction of sp³-hybridized carbons (Fsp3) is 0.350. The lowest BCUT2D eigenvalue weighted by atomic mass is 10.0. The van der Waals surface area contributed by atoms with E-state index in [-0.39, 0.29) is 11.9 Å². The van der Waals surface area contributed by atoms with Gasteiger partial charge >= 0.3 is 0 Å². The van der Waals surface area contributed by atoms with Gasteiger partial charge in [-0.3, -0.25) is 4.79 Å². The summed E-state index contributed by atoms with van der Waals surface area (Å²) in [6, 6.07) is 9.74. The summed E-state index contributed by atoms with van der Waals surface area (Å²) in [4.78, 5) is 19.3. The minimum atomic E-state index is -0.0542. The highest BCUT2D eigenvalue weighted by Gasteiger charge is 2.29. The Bertz CT molecular complexity index is 925. The zero-order valence-electron chi connectivity index (χ0n) is 15.6. The first-order valence-corrected chi connectivity index (χ1v) is 10.2. The van der Waals surface area contributed by atoms with Gasteiger partial charge in [0.25, 0.3) is 0 Å². The number of ether oxygens (including phenoxy) is 1. The molecule has 0 spiro atoms. The van der Waals surface area contributed by atoms with E-state index in [1.165, 1.54) is 0 Å². The average Bonchev–Trinajstić information content (AvgIpc) is 3.44. The van der Waals surface area contributed by atoms with Gasteiger partial charge in [0.1, 0.15) is 5.75 Å². The smallest absolute Gasteiger partial charge is 0.227 e. The van der Waals surface area contributed by atoms with Crippen molar-refractivity contribution in [2.75, 3.05) is 26.7 Å². The molecule has 1 saturated heterocycles. The molecule has 1 amide bonds. The first-order chi connectivity index (χ1) is 13.8. The third kappa shape index (κ3) is 3.93. The third-order valence-electron chi connectivity index (χ3n) is 4.86. The molecule has 1 aromatic carbocycles. The van der Waals surface area contributed by atoms with Gasteiger partial charge in [-0.05, 0) is 17.5 Å². The lowest BCUT2D eigenvalue weighted by Gasteiger charge is -2.37. The number of hydrogen-bond acceptors (Lipinski definition) is 7. The normalized spacial score (nSPS) is 16.9. The monoisotopic (exact) mass is 398 g/mol. The van der Waals surface area contributed by atoms with Crippen LogP contribution in [0.1, 0.15) is 23.9 Å². The topological polar surface area (TPSA) is 80.5 Å². The van der Waals surface area contributed by atoms with Crippen LogP contribution in [0.5, 0.6) is 5.75 Å². The largest absolute Gasteiger partial charge is 0.496 e. The molecule has 7 nitrogen and oxygen atoms in total.